The first-order chi connectivity index (χ1) is 9.69. The van der Waals surface area contributed by atoms with Crippen LogP contribution in [0.1, 0.15) is 43.4 Å². The lowest BCUT2D eigenvalue weighted by Crippen LogP contribution is -2.10. The summed E-state index contributed by atoms with van der Waals surface area (Å²) in [5, 5.41) is 3.68. The van der Waals surface area contributed by atoms with E-state index in [0.29, 0.717) is 6.04 Å². The van der Waals surface area contributed by atoms with Gasteiger partial charge in [0.05, 0.1) is 6.04 Å². The van der Waals surface area contributed by atoms with Crippen LogP contribution >= 0.6 is 15.9 Å². The fraction of sp³-hybridized carbons (Fsp3) is 0.333. The van der Waals surface area contributed by atoms with Gasteiger partial charge in [0.15, 0.2) is 0 Å². The fourth-order valence-electron chi connectivity index (χ4n) is 2.44. The van der Waals surface area contributed by atoms with Crippen molar-refractivity contribution in [2.45, 2.75) is 39.2 Å². The zero-order valence-corrected chi connectivity index (χ0v) is 13.8. The maximum Gasteiger partial charge on any atom is 0.0513 e. The Morgan fingerprint density at radius 3 is 2.50 bits per heavy atom. The number of hydrogen-bond acceptors (Lipinski definition) is 1. The van der Waals surface area contributed by atoms with Crippen molar-refractivity contribution in [3.8, 4) is 0 Å². The van der Waals surface area contributed by atoms with Gasteiger partial charge >= 0.3 is 0 Å². The molecule has 0 fully saturated rings. The molecule has 2 aromatic carbocycles. The van der Waals surface area contributed by atoms with Crippen LogP contribution in [0.3, 0.4) is 0 Å². The van der Waals surface area contributed by atoms with Gasteiger partial charge in [0.1, 0.15) is 0 Å². The van der Waals surface area contributed by atoms with Gasteiger partial charge in [-0.2, -0.15) is 0 Å². The average Bonchev–Trinajstić information content (AvgIpc) is 2.43. The molecule has 1 N–H and O–H groups in total. The lowest BCUT2D eigenvalue weighted by molar-refractivity contribution is 0.634. The summed E-state index contributed by atoms with van der Waals surface area (Å²) >= 11 is 3.57. The second-order valence-corrected chi connectivity index (χ2v) is 6.18. The third-order valence-corrected chi connectivity index (χ3v) is 3.89. The molecule has 0 aliphatic heterocycles. The Labute approximate surface area is 130 Å². The highest BCUT2D eigenvalue weighted by atomic mass is 79.9. The molecule has 2 aromatic rings. The molecule has 0 bridgehead atoms. The predicted octanol–water partition coefficient (Wildman–Crippen LogP) is 6.10. The van der Waals surface area contributed by atoms with E-state index < -0.39 is 0 Å². The molecule has 0 aliphatic carbocycles. The van der Waals surface area contributed by atoms with Crippen molar-refractivity contribution in [2.24, 2.45) is 0 Å². The van der Waals surface area contributed by atoms with Crippen LogP contribution < -0.4 is 5.32 Å². The second-order valence-electron chi connectivity index (χ2n) is 5.27. The third kappa shape index (κ3) is 4.38. The van der Waals surface area contributed by atoms with Crippen LogP contribution in [0.25, 0.3) is 0 Å². The highest BCUT2D eigenvalue weighted by Gasteiger charge is 2.11. The van der Waals surface area contributed by atoms with Crippen molar-refractivity contribution in [1.29, 1.82) is 0 Å². The number of benzene rings is 2. The molecule has 0 radical (unpaired) electrons. The lowest BCUT2D eigenvalue weighted by atomic mass is 10.0. The molecule has 0 saturated heterocycles. The number of unbranched alkanes of at least 4 members (excludes halogenated alkanes) is 1. The van der Waals surface area contributed by atoms with Crippen molar-refractivity contribution in [3.63, 3.8) is 0 Å². The Hall–Kier alpha value is -1.28. The van der Waals surface area contributed by atoms with Gasteiger partial charge in [-0.1, -0.05) is 66.0 Å². The summed E-state index contributed by atoms with van der Waals surface area (Å²) in [5.41, 5.74) is 3.81. The van der Waals surface area contributed by atoms with Gasteiger partial charge < -0.3 is 5.32 Å². The van der Waals surface area contributed by atoms with Crippen LogP contribution in [-0.4, -0.2) is 0 Å². The van der Waals surface area contributed by atoms with E-state index in [4.69, 9.17) is 0 Å². The number of rotatable bonds is 6. The van der Waals surface area contributed by atoms with Gasteiger partial charge in [-0.25, -0.2) is 0 Å². The molecule has 0 spiro atoms. The molecule has 2 heteroatoms. The van der Waals surface area contributed by atoms with Crippen LogP contribution in [0.5, 0.6) is 0 Å². The Morgan fingerprint density at radius 1 is 1.10 bits per heavy atom. The molecular weight excluding hydrogens is 310 g/mol. The largest absolute Gasteiger partial charge is 0.378 e. The maximum atomic E-state index is 3.68. The molecule has 0 amide bonds. The van der Waals surface area contributed by atoms with E-state index in [1.165, 1.54) is 29.7 Å². The van der Waals surface area contributed by atoms with Crippen LogP contribution in [-0.2, 0) is 0 Å². The maximum absolute atomic E-state index is 3.68. The molecule has 106 valence electrons. The molecule has 1 unspecified atom stereocenters. The van der Waals surface area contributed by atoms with Crippen molar-refractivity contribution in [1.82, 2.24) is 0 Å². The minimum absolute atomic E-state index is 0.379. The molecule has 0 saturated carbocycles. The summed E-state index contributed by atoms with van der Waals surface area (Å²) in [5.74, 6) is 0. The summed E-state index contributed by atoms with van der Waals surface area (Å²) in [4.78, 5) is 0. The first kappa shape index (κ1) is 15.1. The Balaban J connectivity index is 2.19. The summed E-state index contributed by atoms with van der Waals surface area (Å²) in [6.07, 6.45) is 3.62. The summed E-state index contributed by atoms with van der Waals surface area (Å²) < 4.78 is 1.13. The van der Waals surface area contributed by atoms with E-state index >= 15 is 0 Å². The Kier molecular flexibility index (Phi) is 5.66. The first-order valence-corrected chi connectivity index (χ1v) is 8.07. The molecule has 2 rings (SSSR count). The molecule has 0 aliphatic rings. The minimum atomic E-state index is 0.379. The van der Waals surface area contributed by atoms with Crippen LogP contribution in [0, 0.1) is 6.92 Å². The standard InChI is InChI=1S/C18H22BrN/c1-3-4-10-18(15-8-6-5-7-9-15)20-17-12-14(2)11-16(19)13-17/h5-9,11-13,18,20H,3-4,10H2,1-2H3. The van der Waals surface area contributed by atoms with Crippen LogP contribution in [0.15, 0.2) is 53.0 Å². The molecule has 0 heterocycles. The van der Waals surface area contributed by atoms with Gasteiger partial charge in [0, 0.05) is 10.2 Å². The van der Waals surface area contributed by atoms with Crippen molar-refractivity contribution < 1.29 is 0 Å². The number of nitrogens with one attached hydrogen (secondary N) is 1. The van der Waals surface area contributed by atoms with Gasteiger partial charge in [-0.3, -0.25) is 0 Å². The average molecular weight is 332 g/mol. The fourth-order valence-corrected chi connectivity index (χ4v) is 3.04. The summed E-state index contributed by atoms with van der Waals surface area (Å²) in [6.45, 7) is 4.37. The summed E-state index contributed by atoms with van der Waals surface area (Å²) in [7, 11) is 0. The van der Waals surface area contributed by atoms with Crippen LogP contribution in [0.4, 0.5) is 5.69 Å². The molecule has 1 nitrogen and oxygen atoms in total. The summed E-state index contributed by atoms with van der Waals surface area (Å²) in [6, 6.07) is 17.6. The molecular formula is C18H22BrN. The van der Waals surface area contributed by atoms with Crippen molar-refractivity contribution >= 4 is 21.6 Å². The quantitative estimate of drug-likeness (QED) is 0.674. The van der Waals surface area contributed by atoms with Crippen molar-refractivity contribution in [2.75, 3.05) is 5.32 Å². The van der Waals surface area contributed by atoms with E-state index in [-0.39, 0.29) is 0 Å². The van der Waals surface area contributed by atoms with E-state index in [1.807, 2.05) is 0 Å². The molecule has 20 heavy (non-hydrogen) atoms. The van der Waals surface area contributed by atoms with E-state index in [1.54, 1.807) is 0 Å². The van der Waals surface area contributed by atoms with Gasteiger partial charge in [0.25, 0.3) is 0 Å². The molecule has 0 aromatic heterocycles. The third-order valence-electron chi connectivity index (χ3n) is 3.43. The van der Waals surface area contributed by atoms with Crippen molar-refractivity contribution in [3.05, 3.63) is 64.1 Å². The zero-order chi connectivity index (χ0) is 14.4. The van der Waals surface area contributed by atoms with E-state index in [9.17, 15) is 0 Å². The highest BCUT2D eigenvalue weighted by molar-refractivity contribution is 9.10. The normalized spacial score (nSPS) is 12.2. The van der Waals surface area contributed by atoms with E-state index in [0.717, 1.165) is 10.9 Å². The zero-order valence-electron chi connectivity index (χ0n) is 12.2. The lowest BCUT2D eigenvalue weighted by Gasteiger charge is -2.21. The van der Waals surface area contributed by atoms with Crippen LogP contribution in [0.2, 0.25) is 0 Å². The minimum Gasteiger partial charge on any atom is -0.378 e. The van der Waals surface area contributed by atoms with Gasteiger partial charge in [-0.15, -0.1) is 0 Å². The second kappa shape index (κ2) is 7.49. The number of halogens is 1. The van der Waals surface area contributed by atoms with Gasteiger partial charge in [-0.05, 0) is 42.7 Å². The Bertz CT molecular complexity index is 516. The predicted molar refractivity (Wildman–Crippen MR) is 91.2 cm³/mol. The highest BCUT2D eigenvalue weighted by Crippen LogP contribution is 2.27. The number of aryl methyl sites for hydroxylation is 1. The van der Waals surface area contributed by atoms with Gasteiger partial charge in [0.2, 0.25) is 0 Å². The Morgan fingerprint density at radius 2 is 1.85 bits per heavy atom. The first-order valence-electron chi connectivity index (χ1n) is 7.27. The topological polar surface area (TPSA) is 12.0 Å². The molecule has 1 atom stereocenters. The smallest absolute Gasteiger partial charge is 0.0513 e. The SMILES string of the molecule is CCCCC(Nc1cc(C)cc(Br)c1)c1ccccc1. The number of hydrogen-bond donors (Lipinski definition) is 1. The number of anilines is 1. The van der Waals surface area contributed by atoms with E-state index in [2.05, 4.69) is 83.6 Å². The monoisotopic (exact) mass is 331 g/mol.